The maximum Gasteiger partial charge on any atom is 0.301 e. The van der Waals surface area contributed by atoms with Crippen LogP contribution in [0.25, 0.3) is 5.57 Å². The van der Waals surface area contributed by atoms with Gasteiger partial charge < -0.3 is 5.11 Å². The van der Waals surface area contributed by atoms with Crippen LogP contribution < -0.4 is 4.90 Å². The smallest absolute Gasteiger partial charge is 0.301 e. The minimum Gasteiger partial charge on any atom is -0.502 e. The molecular weight excluding hydrogens is 302 g/mol. The summed E-state index contributed by atoms with van der Waals surface area (Å²) < 4.78 is 0. The summed E-state index contributed by atoms with van der Waals surface area (Å²) in [6.45, 7) is 1.75. The van der Waals surface area contributed by atoms with Gasteiger partial charge in [0, 0.05) is 5.02 Å². The number of carbonyl (C=O) groups excluding carboxylic acids is 2. The molecule has 2 aromatic carbocycles. The molecule has 0 aromatic heterocycles. The fraction of sp³-hybridized carbons (Fsp3) is 0.0588. The second-order valence-corrected chi connectivity index (χ2v) is 5.40. The van der Waals surface area contributed by atoms with E-state index in [-0.39, 0.29) is 5.57 Å². The molecule has 5 heteroatoms. The number of anilines is 1. The van der Waals surface area contributed by atoms with Crippen molar-refractivity contribution in [1.82, 2.24) is 0 Å². The van der Waals surface area contributed by atoms with Crippen LogP contribution in [0.15, 0.2) is 54.3 Å². The summed E-state index contributed by atoms with van der Waals surface area (Å²) in [4.78, 5) is 25.9. The van der Waals surface area contributed by atoms with Gasteiger partial charge in [0.2, 0.25) is 0 Å². The number of amides is 2. The van der Waals surface area contributed by atoms with Gasteiger partial charge in [-0.25, -0.2) is 4.90 Å². The summed E-state index contributed by atoms with van der Waals surface area (Å²) >= 11 is 5.90. The van der Waals surface area contributed by atoms with Gasteiger partial charge in [-0.1, -0.05) is 41.9 Å². The highest BCUT2D eigenvalue weighted by Gasteiger charge is 2.40. The number of rotatable bonds is 2. The van der Waals surface area contributed by atoms with Crippen LogP contribution in [0.4, 0.5) is 5.69 Å². The Balaban J connectivity index is 2.08. The number of benzene rings is 2. The lowest BCUT2D eigenvalue weighted by molar-refractivity contribution is -0.121. The Morgan fingerprint density at radius 3 is 2.32 bits per heavy atom. The quantitative estimate of drug-likeness (QED) is 0.863. The molecule has 22 heavy (non-hydrogen) atoms. The molecule has 0 aliphatic carbocycles. The normalized spacial score (nSPS) is 14.9. The standard InChI is InChI=1S/C17H12ClNO3/c1-10-9-12(18)7-8-13(10)19-16(21)14(15(20)17(19)22)11-5-3-2-4-6-11/h2-9,20H,1H3. The number of aliphatic hydroxyl groups excluding tert-OH is 1. The molecule has 0 atom stereocenters. The Bertz CT molecular complexity index is 812. The predicted molar refractivity (Wildman–Crippen MR) is 84.7 cm³/mol. The van der Waals surface area contributed by atoms with Crippen molar-refractivity contribution in [3.63, 3.8) is 0 Å². The first-order valence-electron chi connectivity index (χ1n) is 6.64. The lowest BCUT2D eigenvalue weighted by Crippen LogP contribution is -2.32. The average Bonchev–Trinajstić information content (AvgIpc) is 2.71. The monoisotopic (exact) mass is 313 g/mol. The Morgan fingerprint density at radius 2 is 1.68 bits per heavy atom. The van der Waals surface area contributed by atoms with Gasteiger partial charge in [0.15, 0.2) is 5.76 Å². The van der Waals surface area contributed by atoms with Crippen molar-refractivity contribution in [2.24, 2.45) is 0 Å². The number of aryl methyl sites for hydroxylation is 1. The van der Waals surface area contributed by atoms with Gasteiger partial charge in [0.05, 0.1) is 11.3 Å². The fourth-order valence-corrected chi connectivity index (χ4v) is 2.70. The molecule has 0 radical (unpaired) electrons. The molecule has 1 aliphatic heterocycles. The third-order valence-electron chi connectivity index (χ3n) is 3.52. The predicted octanol–water partition coefficient (Wildman–Crippen LogP) is 3.49. The van der Waals surface area contributed by atoms with Gasteiger partial charge in [-0.2, -0.15) is 0 Å². The van der Waals surface area contributed by atoms with Gasteiger partial charge in [0.25, 0.3) is 5.91 Å². The summed E-state index contributed by atoms with van der Waals surface area (Å²) in [7, 11) is 0. The van der Waals surface area contributed by atoms with Crippen LogP contribution in [0.5, 0.6) is 0 Å². The van der Waals surface area contributed by atoms with E-state index in [9.17, 15) is 14.7 Å². The zero-order valence-electron chi connectivity index (χ0n) is 11.7. The zero-order chi connectivity index (χ0) is 15.9. The van der Waals surface area contributed by atoms with Crippen molar-refractivity contribution >= 4 is 34.7 Å². The van der Waals surface area contributed by atoms with Crippen molar-refractivity contribution in [3.8, 4) is 0 Å². The number of aliphatic hydroxyl groups is 1. The minimum absolute atomic E-state index is 0.0138. The summed E-state index contributed by atoms with van der Waals surface area (Å²) in [5, 5.41) is 10.6. The van der Waals surface area contributed by atoms with Crippen LogP contribution >= 0.6 is 11.6 Å². The molecule has 0 fully saturated rings. The number of nitrogens with zero attached hydrogens (tertiary/aromatic N) is 1. The second-order valence-electron chi connectivity index (χ2n) is 4.97. The molecule has 0 bridgehead atoms. The van der Waals surface area contributed by atoms with Crippen LogP contribution in [0, 0.1) is 6.92 Å². The molecular formula is C17H12ClNO3. The Labute approximate surface area is 132 Å². The Kier molecular flexibility index (Phi) is 3.47. The number of halogens is 1. The van der Waals surface area contributed by atoms with E-state index in [0.29, 0.717) is 21.8 Å². The third-order valence-corrected chi connectivity index (χ3v) is 3.76. The van der Waals surface area contributed by atoms with Crippen LogP contribution in [0.3, 0.4) is 0 Å². The molecule has 0 saturated carbocycles. The highest BCUT2D eigenvalue weighted by Crippen LogP contribution is 2.34. The van der Waals surface area contributed by atoms with Crippen LogP contribution in [0.1, 0.15) is 11.1 Å². The van der Waals surface area contributed by atoms with E-state index in [1.165, 1.54) is 0 Å². The lowest BCUT2D eigenvalue weighted by atomic mass is 10.1. The van der Waals surface area contributed by atoms with Crippen molar-refractivity contribution in [1.29, 1.82) is 0 Å². The number of carbonyl (C=O) groups is 2. The first-order valence-corrected chi connectivity index (χ1v) is 7.02. The third kappa shape index (κ3) is 2.18. The van der Waals surface area contributed by atoms with Crippen molar-refractivity contribution in [2.75, 3.05) is 4.90 Å². The summed E-state index contributed by atoms with van der Waals surface area (Å²) in [5.74, 6) is -1.81. The van der Waals surface area contributed by atoms with E-state index < -0.39 is 17.6 Å². The molecule has 2 aromatic rings. The van der Waals surface area contributed by atoms with Crippen molar-refractivity contribution in [3.05, 3.63) is 70.4 Å². The highest BCUT2D eigenvalue weighted by atomic mass is 35.5. The first kappa shape index (κ1) is 14.4. The SMILES string of the molecule is Cc1cc(Cl)ccc1N1C(=O)C(O)=C(c2ccccc2)C1=O. The van der Waals surface area contributed by atoms with Gasteiger partial charge in [-0.05, 0) is 36.2 Å². The minimum atomic E-state index is -0.728. The molecule has 110 valence electrons. The summed E-state index contributed by atoms with van der Waals surface area (Å²) in [6, 6.07) is 13.5. The van der Waals surface area contributed by atoms with E-state index >= 15 is 0 Å². The first-order chi connectivity index (χ1) is 10.5. The van der Waals surface area contributed by atoms with E-state index in [4.69, 9.17) is 11.6 Å². The van der Waals surface area contributed by atoms with Gasteiger partial charge in [0.1, 0.15) is 0 Å². The summed E-state index contributed by atoms with van der Waals surface area (Å²) in [6.07, 6.45) is 0. The maximum absolute atomic E-state index is 12.6. The van der Waals surface area contributed by atoms with Crippen LogP contribution in [0.2, 0.25) is 5.02 Å². The van der Waals surface area contributed by atoms with E-state index in [0.717, 1.165) is 4.90 Å². The Morgan fingerprint density at radius 1 is 1.00 bits per heavy atom. The largest absolute Gasteiger partial charge is 0.502 e. The second kappa shape index (κ2) is 5.31. The molecule has 0 unspecified atom stereocenters. The molecule has 0 spiro atoms. The van der Waals surface area contributed by atoms with Crippen molar-refractivity contribution in [2.45, 2.75) is 6.92 Å². The lowest BCUT2D eigenvalue weighted by Gasteiger charge is -2.17. The maximum atomic E-state index is 12.6. The highest BCUT2D eigenvalue weighted by molar-refractivity contribution is 6.45. The molecule has 2 amide bonds. The molecule has 1 N–H and O–H groups in total. The molecule has 1 aliphatic rings. The average molecular weight is 314 g/mol. The zero-order valence-corrected chi connectivity index (χ0v) is 12.5. The number of imide groups is 1. The number of hydrogen-bond donors (Lipinski definition) is 1. The summed E-state index contributed by atoms with van der Waals surface area (Å²) in [5.41, 5.74) is 1.61. The molecule has 4 nitrogen and oxygen atoms in total. The van der Waals surface area contributed by atoms with Crippen LogP contribution in [-0.4, -0.2) is 16.9 Å². The van der Waals surface area contributed by atoms with E-state index in [1.807, 2.05) is 0 Å². The molecule has 0 saturated heterocycles. The van der Waals surface area contributed by atoms with Gasteiger partial charge >= 0.3 is 5.91 Å². The Hall–Kier alpha value is -2.59. The molecule has 3 rings (SSSR count). The van der Waals surface area contributed by atoms with Gasteiger partial charge in [-0.15, -0.1) is 0 Å². The molecule has 1 heterocycles. The van der Waals surface area contributed by atoms with E-state index in [2.05, 4.69) is 0 Å². The fourth-order valence-electron chi connectivity index (χ4n) is 2.47. The topological polar surface area (TPSA) is 57.6 Å². The van der Waals surface area contributed by atoms with E-state index in [1.54, 1.807) is 55.5 Å². The van der Waals surface area contributed by atoms with Crippen LogP contribution in [-0.2, 0) is 9.59 Å². The van der Waals surface area contributed by atoms with Gasteiger partial charge in [-0.3, -0.25) is 9.59 Å². The number of hydrogen-bond acceptors (Lipinski definition) is 3. The van der Waals surface area contributed by atoms with Crippen molar-refractivity contribution < 1.29 is 14.7 Å².